The van der Waals surface area contributed by atoms with Gasteiger partial charge in [0, 0.05) is 0 Å². The van der Waals surface area contributed by atoms with Gasteiger partial charge < -0.3 is 5.11 Å². The van der Waals surface area contributed by atoms with E-state index in [-0.39, 0.29) is 0 Å². The van der Waals surface area contributed by atoms with Gasteiger partial charge in [-0.15, -0.1) is 0 Å². The van der Waals surface area contributed by atoms with Gasteiger partial charge in [0.15, 0.2) is 0 Å². The van der Waals surface area contributed by atoms with Crippen LogP contribution in [0.5, 0.6) is 5.75 Å². The SMILES string of the molecule is CC(CCc1ccccc1)Cc1ccccc1O. The van der Waals surface area contributed by atoms with Crippen LogP contribution in [0.1, 0.15) is 24.5 Å². The molecule has 2 aromatic rings. The fourth-order valence-corrected chi connectivity index (χ4v) is 2.22. The second-order valence-electron chi connectivity index (χ2n) is 4.96. The molecule has 0 amide bonds. The molecule has 1 unspecified atom stereocenters. The molecule has 0 bridgehead atoms. The Bertz CT molecular complexity index is 476. The zero-order valence-corrected chi connectivity index (χ0v) is 10.8. The van der Waals surface area contributed by atoms with E-state index in [0.29, 0.717) is 11.7 Å². The summed E-state index contributed by atoms with van der Waals surface area (Å²) in [6.45, 7) is 2.25. The summed E-state index contributed by atoms with van der Waals surface area (Å²) in [5.41, 5.74) is 2.44. The summed E-state index contributed by atoms with van der Waals surface area (Å²) in [4.78, 5) is 0. The van der Waals surface area contributed by atoms with Crippen molar-refractivity contribution in [2.45, 2.75) is 26.2 Å². The molecule has 0 saturated heterocycles. The van der Waals surface area contributed by atoms with Crippen molar-refractivity contribution in [2.75, 3.05) is 0 Å². The quantitative estimate of drug-likeness (QED) is 0.830. The van der Waals surface area contributed by atoms with Gasteiger partial charge in [0.1, 0.15) is 5.75 Å². The van der Waals surface area contributed by atoms with E-state index in [4.69, 9.17) is 0 Å². The molecule has 0 aliphatic heterocycles. The predicted molar refractivity (Wildman–Crippen MR) is 75.7 cm³/mol. The predicted octanol–water partition coefficient (Wildman–Crippen LogP) is 4.20. The van der Waals surface area contributed by atoms with Crippen molar-refractivity contribution in [3.63, 3.8) is 0 Å². The highest BCUT2D eigenvalue weighted by Gasteiger charge is 2.07. The Balaban J connectivity index is 1.86. The molecule has 1 N–H and O–H groups in total. The lowest BCUT2D eigenvalue weighted by atomic mass is 9.94. The van der Waals surface area contributed by atoms with Crippen LogP contribution in [0.3, 0.4) is 0 Å². The number of aryl methyl sites for hydroxylation is 1. The van der Waals surface area contributed by atoms with Crippen LogP contribution in [0.25, 0.3) is 0 Å². The summed E-state index contributed by atoms with van der Waals surface area (Å²) in [5.74, 6) is 1.00. The van der Waals surface area contributed by atoms with Gasteiger partial charge >= 0.3 is 0 Å². The number of phenolic OH excluding ortho intramolecular Hbond substituents is 1. The lowest BCUT2D eigenvalue weighted by Crippen LogP contribution is -2.02. The minimum atomic E-state index is 0.420. The van der Waals surface area contributed by atoms with Crippen LogP contribution in [0.2, 0.25) is 0 Å². The molecule has 0 spiro atoms. The van der Waals surface area contributed by atoms with Gasteiger partial charge in [0.2, 0.25) is 0 Å². The third-order valence-corrected chi connectivity index (χ3v) is 3.33. The average molecular weight is 240 g/mol. The normalized spacial score (nSPS) is 12.3. The van der Waals surface area contributed by atoms with Crippen molar-refractivity contribution in [3.05, 3.63) is 65.7 Å². The molecule has 18 heavy (non-hydrogen) atoms. The Hall–Kier alpha value is -1.76. The first-order chi connectivity index (χ1) is 8.75. The van der Waals surface area contributed by atoms with Crippen LogP contribution in [0.4, 0.5) is 0 Å². The third kappa shape index (κ3) is 3.63. The zero-order chi connectivity index (χ0) is 12.8. The number of hydrogen-bond donors (Lipinski definition) is 1. The van der Waals surface area contributed by atoms with Crippen molar-refractivity contribution in [3.8, 4) is 5.75 Å². The fraction of sp³-hybridized carbons (Fsp3) is 0.294. The van der Waals surface area contributed by atoms with Gasteiger partial charge in [-0.1, -0.05) is 55.5 Å². The van der Waals surface area contributed by atoms with Crippen molar-refractivity contribution in [1.82, 2.24) is 0 Å². The monoisotopic (exact) mass is 240 g/mol. The van der Waals surface area contributed by atoms with E-state index < -0.39 is 0 Å². The van der Waals surface area contributed by atoms with E-state index in [0.717, 1.165) is 24.8 Å². The Morgan fingerprint density at radius 2 is 1.61 bits per heavy atom. The molecule has 2 rings (SSSR count). The van der Waals surface area contributed by atoms with E-state index in [1.807, 2.05) is 18.2 Å². The lowest BCUT2D eigenvalue weighted by molar-refractivity contribution is 0.454. The first-order valence-corrected chi connectivity index (χ1v) is 6.56. The molecule has 0 saturated carbocycles. The van der Waals surface area contributed by atoms with Gasteiger partial charge in [-0.3, -0.25) is 0 Å². The second-order valence-corrected chi connectivity index (χ2v) is 4.96. The summed E-state index contributed by atoms with van der Waals surface area (Å²) in [5, 5.41) is 9.74. The highest BCUT2D eigenvalue weighted by molar-refractivity contribution is 5.32. The van der Waals surface area contributed by atoms with E-state index in [1.54, 1.807) is 6.07 Å². The molecular weight excluding hydrogens is 220 g/mol. The van der Waals surface area contributed by atoms with Crippen LogP contribution in [-0.2, 0) is 12.8 Å². The summed E-state index contributed by atoms with van der Waals surface area (Å²) in [7, 11) is 0. The standard InChI is InChI=1S/C17H20O/c1-14(11-12-15-7-3-2-4-8-15)13-16-9-5-6-10-17(16)18/h2-10,14,18H,11-13H2,1H3. The van der Waals surface area contributed by atoms with Gasteiger partial charge in [0.25, 0.3) is 0 Å². The number of phenols is 1. The fourth-order valence-electron chi connectivity index (χ4n) is 2.22. The Morgan fingerprint density at radius 3 is 2.33 bits per heavy atom. The minimum absolute atomic E-state index is 0.420. The Morgan fingerprint density at radius 1 is 0.944 bits per heavy atom. The van der Waals surface area contributed by atoms with Gasteiger partial charge in [-0.2, -0.15) is 0 Å². The summed E-state index contributed by atoms with van der Waals surface area (Å²) in [6.07, 6.45) is 3.20. The van der Waals surface area contributed by atoms with E-state index in [1.165, 1.54) is 5.56 Å². The second kappa shape index (κ2) is 6.25. The van der Waals surface area contributed by atoms with Crippen LogP contribution in [0.15, 0.2) is 54.6 Å². The highest BCUT2D eigenvalue weighted by atomic mass is 16.3. The summed E-state index contributed by atoms with van der Waals surface area (Å²) >= 11 is 0. The number of rotatable bonds is 5. The molecule has 1 nitrogen and oxygen atoms in total. The number of aromatic hydroxyl groups is 1. The van der Waals surface area contributed by atoms with Crippen LogP contribution in [0, 0.1) is 5.92 Å². The van der Waals surface area contributed by atoms with Crippen molar-refractivity contribution in [2.24, 2.45) is 5.92 Å². The molecule has 94 valence electrons. The first kappa shape index (κ1) is 12.7. The Kier molecular flexibility index (Phi) is 4.40. The first-order valence-electron chi connectivity index (χ1n) is 6.56. The minimum Gasteiger partial charge on any atom is -0.508 e. The lowest BCUT2D eigenvalue weighted by Gasteiger charge is -2.12. The zero-order valence-electron chi connectivity index (χ0n) is 10.8. The molecule has 1 heteroatoms. The van der Waals surface area contributed by atoms with Crippen molar-refractivity contribution < 1.29 is 5.11 Å². The maximum atomic E-state index is 9.74. The Labute approximate surface area is 109 Å². The number of para-hydroxylation sites is 1. The van der Waals surface area contributed by atoms with Crippen LogP contribution >= 0.6 is 0 Å². The highest BCUT2D eigenvalue weighted by Crippen LogP contribution is 2.21. The maximum absolute atomic E-state index is 9.74. The van der Waals surface area contributed by atoms with E-state index in [9.17, 15) is 5.11 Å². The van der Waals surface area contributed by atoms with Gasteiger partial charge in [-0.25, -0.2) is 0 Å². The van der Waals surface area contributed by atoms with Gasteiger partial charge in [0.05, 0.1) is 0 Å². The number of benzene rings is 2. The largest absolute Gasteiger partial charge is 0.508 e. The topological polar surface area (TPSA) is 20.2 Å². The van der Waals surface area contributed by atoms with Crippen LogP contribution in [-0.4, -0.2) is 5.11 Å². The number of hydrogen-bond acceptors (Lipinski definition) is 1. The average Bonchev–Trinajstić information content (AvgIpc) is 2.40. The molecule has 1 atom stereocenters. The summed E-state index contributed by atoms with van der Waals surface area (Å²) < 4.78 is 0. The van der Waals surface area contributed by atoms with Crippen molar-refractivity contribution >= 4 is 0 Å². The molecule has 0 aliphatic carbocycles. The molecular formula is C17H20O. The van der Waals surface area contributed by atoms with Crippen LogP contribution < -0.4 is 0 Å². The molecule has 0 heterocycles. The maximum Gasteiger partial charge on any atom is 0.118 e. The van der Waals surface area contributed by atoms with E-state index in [2.05, 4.69) is 37.3 Å². The molecule has 0 radical (unpaired) electrons. The molecule has 0 aliphatic rings. The molecule has 0 fully saturated rings. The molecule has 2 aromatic carbocycles. The molecule has 0 aromatic heterocycles. The third-order valence-electron chi connectivity index (χ3n) is 3.33. The van der Waals surface area contributed by atoms with E-state index >= 15 is 0 Å². The summed E-state index contributed by atoms with van der Waals surface area (Å²) in [6, 6.07) is 18.2. The van der Waals surface area contributed by atoms with Gasteiger partial charge in [-0.05, 0) is 42.4 Å². The van der Waals surface area contributed by atoms with Crippen molar-refractivity contribution in [1.29, 1.82) is 0 Å². The smallest absolute Gasteiger partial charge is 0.118 e.